The van der Waals surface area contributed by atoms with E-state index in [4.69, 9.17) is 4.74 Å². The molecule has 3 aliphatic heterocycles. The van der Waals surface area contributed by atoms with Gasteiger partial charge in [-0.15, -0.1) is 0 Å². The number of aromatic nitrogens is 1. The van der Waals surface area contributed by atoms with Crippen LogP contribution in [0.15, 0.2) is 85.1 Å². The van der Waals surface area contributed by atoms with Gasteiger partial charge in [0.2, 0.25) is 0 Å². The zero-order chi connectivity index (χ0) is 26.6. The molecule has 0 radical (unpaired) electrons. The summed E-state index contributed by atoms with van der Waals surface area (Å²) in [5.74, 6) is 2.20. The molecule has 8 rings (SSSR count). The Balaban J connectivity index is 0.00000289. The number of rotatable bonds is 6. The van der Waals surface area contributed by atoms with Gasteiger partial charge in [0.1, 0.15) is 24.4 Å². The van der Waals surface area contributed by atoms with Crippen LogP contribution in [-0.2, 0) is 6.54 Å². The molecule has 3 fully saturated rings. The monoisotopic (exact) mass is 596 g/mol. The smallest absolute Gasteiger partial charge is 0.131 e. The van der Waals surface area contributed by atoms with Gasteiger partial charge in [-0.1, -0.05) is 49.4 Å². The van der Waals surface area contributed by atoms with Crippen LogP contribution < -0.4 is 21.7 Å². The number of methoxy groups -OCH3 is 1. The van der Waals surface area contributed by atoms with Gasteiger partial charge < -0.3 is 31.3 Å². The highest BCUT2D eigenvalue weighted by atomic mass is 79.9. The fourth-order valence-corrected chi connectivity index (χ4v) is 7.91. The molecule has 5 atom stereocenters. The van der Waals surface area contributed by atoms with Gasteiger partial charge >= 0.3 is 0 Å². The van der Waals surface area contributed by atoms with Gasteiger partial charge in [-0.05, 0) is 75.8 Å². The third kappa shape index (κ3) is 4.49. The van der Waals surface area contributed by atoms with Crippen LogP contribution in [-0.4, -0.2) is 40.8 Å². The van der Waals surface area contributed by atoms with Crippen LogP contribution in [0.2, 0.25) is 0 Å². The Kier molecular flexibility index (Phi) is 7.32. The van der Waals surface area contributed by atoms with Gasteiger partial charge in [0.25, 0.3) is 0 Å². The lowest BCUT2D eigenvalue weighted by atomic mass is 9.70. The van der Waals surface area contributed by atoms with Crippen molar-refractivity contribution in [3.8, 4) is 5.75 Å². The van der Waals surface area contributed by atoms with Gasteiger partial charge in [0.05, 0.1) is 25.7 Å². The third-order valence-corrected chi connectivity index (χ3v) is 9.97. The number of hydrogen-bond donors (Lipinski definition) is 1. The number of piperidine rings is 3. The molecule has 40 heavy (non-hydrogen) atoms. The number of benzene rings is 4. The summed E-state index contributed by atoms with van der Waals surface area (Å²) in [6, 6.07) is 28.3. The lowest BCUT2D eigenvalue weighted by Gasteiger charge is -2.58. The van der Waals surface area contributed by atoms with Gasteiger partial charge in [-0.3, -0.25) is 4.98 Å². The second-order valence-electron chi connectivity index (χ2n) is 11.9. The maximum absolute atomic E-state index is 12.2. The molecule has 1 N–H and O–H groups in total. The lowest BCUT2D eigenvalue weighted by Crippen LogP contribution is -3.00. The van der Waals surface area contributed by atoms with Crippen LogP contribution in [0, 0.1) is 11.8 Å². The molecule has 1 unspecified atom stereocenters. The van der Waals surface area contributed by atoms with Crippen LogP contribution in [0.25, 0.3) is 32.4 Å². The molecule has 1 aromatic heterocycles. The minimum absolute atomic E-state index is 0. The van der Waals surface area contributed by atoms with E-state index in [-0.39, 0.29) is 23.0 Å². The van der Waals surface area contributed by atoms with E-state index in [0.29, 0.717) is 11.8 Å². The van der Waals surface area contributed by atoms with Crippen molar-refractivity contribution in [1.29, 1.82) is 0 Å². The first-order valence-electron chi connectivity index (χ1n) is 14.5. The molecule has 3 saturated heterocycles. The molecule has 0 amide bonds. The average molecular weight is 598 g/mol. The number of nitrogens with zero attached hydrogens (tertiary/aromatic N) is 2. The minimum Gasteiger partial charge on any atom is -1.00 e. The quantitative estimate of drug-likeness (QED) is 0.233. The van der Waals surface area contributed by atoms with Crippen molar-refractivity contribution in [3.05, 3.63) is 96.2 Å². The average Bonchev–Trinajstić information content (AvgIpc) is 2.99. The van der Waals surface area contributed by atoms with Crippen molar-refractivity contribution in [2.24, 2.45) is 11.8 Å². The molecule has 2 bridgehead atoms. The fraction of sp³-hybridized carbons (Fsp3) is 0.343. The Hall–Kier alpha value is -2.99. The summed E-state index contributed by atoms with van der Waals surface area (Å²) >= 11 is 0. The summed E-state index contributed by atoms with van der Waals surface area (Å²) in [7, 11) is 1.69. The third-order valence-electron chi connectivity index (χ3n) is 9.97. The number of ether oxygens (including phenoxy) is 1. The van der Waals surface area contributed by atoms with E-state index in [0.717, 1.165) is 52.8 Å². The molecule has 3 aliphatic rings. The van der Waals surface area contributed by atoms with E-state index in [9.17, 15) is 5.11 Å². The summed E-state index contributed by atoms with van der Waals surface area (Å²) < 4.78 is 6.49. The molecule has 5 heteroatoms. The summed E-state index contributed by atoms with van der Waals surface area (Å²) in [4.78, 5) is 4.59. The van der Waals surface area contributed by atoms with E-state index in [2.05, 4.69) is 66.5 Å². The van der Waals surface area contributed by atoms with Crippen LogP contribution in [0.5, 0.6) is 5.75 Å². The molecule has 206 valence electrons. The number of fused-ring (bicyclic) bond motifs is 6. The summed E-state index contributed by atoms with van der Waals surface area (Å²) in [6.07, 6.45) is 4.82. The van der Waals surface area contributed by atoms with Crippen molar-refractivity contribution < 1.29 is 31.3 Å². The maximum Gasteiger partial charge on any atom is 0.131 e. The minimum atomic E-state index is -0.556. The van der Waals surface area contributed by atoms with Crippen LogP contribution in [0.4, 0.5) is 0 Å². The highest BCUT2D eigenvalue weighted by Crippen LogP contribution is 2.49. The summed E-state index contributed by atoms with van der Waals surface area (Å²) in [5.41, 5.74) is 3.28. The maximum atomic E-state index is 12.2. The molecular formula is C35H37BrN2O2. The Morgan fingerprint density at radius 1 is 0.950 bits per heavy atom. The predicted octanol–water partition coefficient (Wildman–Crippen LogP) is 4.42. The van der Waals surface area contributed by atoms with E-state index in [1.807, 2.05) is 30.5 Å². The Morgan fingerprint density at radius 3 is 2.55 bits per heavy atom. The van der Waals surface area contributed by atoms with Crippen molar-refractivity contribution in [2.75, 3.05) is 20.2 Å². The first-order valence-corrected chi connectivity index (χ1v) is 14.5. The topological polar surface area (TPSA) is 42.4 Å². The zero-order valence-electron chi connectivity index (χ0n) is 23.3. The zero-order valence-corrected chi connectivity index (χ0v) is 24.8. The van der Waals surface area contributed by atoms with E-state index < -0.39 is 6.10 Å². The number of pyridine rings is 1. The van der Waals surface area contributed by atoms with E-state index >= 15 is 0 Å². The lowest BCUT2D eigenvalue weighted by molar-refractivity contribution is -0.985. The van der Waals surface area contributed by atoms with E-state index in [1.165, 1.54) is 39.9 Å². The normalized spacial score (nSPS) is 24.7. The Bertz CT molecular complexity index is 1690. The second kappa shape index (κ2) is 10.8. The molecule has 5 aromatic rings. The molecule has 4 heterocycles. The summed E-state index contributed by atoms with van der Waals surface area (Å²) in [6.45, 7) is 5.56. The number of quaternary nitrogens is 1. The van der Waals surface area contributed by atoms with Crippen molar-refractivity contribution in [1.82, 2.24) is 4.98 Å². The van der Waals surface area contributed by atoms with Gasteiger partial charge in [-0.2, -0.15) is 0 Å². The molecule has 0 aliphatic carbocycles. The Labute approximate surface area is 247 Å². The number of aliphatic hydroxyl groups is 1. The number of aliphatic hydroxyl groups excluding tert-OH is 1. The van der Waals surface area contributed by atoms with Gasteiger partial charge in [0.15, 0.2) is 0 Å². The van der Waals surface area contributed by atoms with Crippen molar-refractivity contribution in [2.45, 2.75) is 44.9 Å². The van der Waals surface area contributed by atoms with E-state index in [1.54, 1.807) is 7.11 Å². The highest BCUT2D eigenvalue weighted by Gasteiger charge is 2.54. The number of halogens is 1. The Morgan fingerprint density at radius 2 is 1.75 bits per heavy atom. The first kappa shape index (κ1) is 27.2. The standard InChI is InChI=1S/C35H37N2O2.BrH/c1-3-23-21-37(22-28-10-6-9-27-17-24-7-4-5-8-25(24)18-31(27)28)16-14-26(23)19-34(37)35(38)30-13-15-36-33-12-11-29(39-2)20-32(30)33;/h4-13,15,17-18,20,23,26,34-35,38H,3,14,16,19,21-22H2,1-2H3;1H/q+1;/p-1/t23-,26-,34-,35+,37?;/m0./s1. The van der Waals surface area contributed by atoms with Crippen molar-refractivity contribution >= 4 is 32.4 Å². The molecule has 4 nitrogen and oxygen atoms in total. The highest BCUT2D eigenvalue weighted by molar-refractivity contribution is 5.99. The van der Waals surface area contributed by atoms with Crippen LogP contribution in [0.1, 0.15) is 43.4 Å². The van der Waals surface area contributed by atoms with Crippen LogP contribution in [0.3, 0.4) is 0 Å². The molecule has 0 saturated carbocycles. The van der Waals surface area contributed by atoms with Gasteiger partial charge in [0, 0.05) is 35.9 Å². The van der Waals surface area contributed by atoms with Crippen molar-refractivity contribution in [3.63, 3.8) is 0 Å². The predicted molar refractivity (Wildman–Crippen MR) is 159 cm³/mol. The van der Waals surface area contributed by atoms with Gasteiger partial charge in [-0.25, -0.2) is 0 Å². The molecular weight excluding hydrogens is 560 g/mol. The summed E-state index contributed by atoms with van der Waals surface area (Å²) in [5, 5.41) is 18.4. The second-order valence-corrected chi connectivity index (χ2v) is 11.9. The SMILES string of the molecule is CC[C@H]1C[N+]2(Cc3cccc4cc5ccccc5cc34)CC[C@H]1C[C@H]2[C@H](O)c1ccnc2ccc(OC)cc12.[Br-]. The van der Waals surface area contributed by atoms with Crippen LogP contribution >= 0.6 is 0 Å². The fourth-order valence-electron chi connectivity index (χ4n) is 7.91. The molecule has 0 spiro atoms. The largest absolute Gasteiger partial charge is 1.00 e. The number of hydrogen-bond acceptors (Lipinski definition) is 3. The molecule has 4 aromatic carbocycles. The first-order chi connectivity index (χ1) is 19.1.